The van der Waals surface area contributed by atoms with Gasteiger partial charge in [0.05, 0.1) is 6.42 Å². The second-order valence-corrected chi connectivity index (χ2v) is 5.97. The number of likely N-dealkylation sites (tertiary alicyclic amines) is 1. The van der Waals surface area contributed by atoms with Gasteiger partial charge in [0.1, 0.15) is 5.69 Å². The number of nitrogens with zero attached hydrogens (tertiary/aromatic N) is 2. The Labute approximate surface area is 134 Å². The second kappa shape index (κ2) is 6.81. The van der Waals surface area contributed by atoms with Crippen molar-refractivity contribution in [3.8, 4) is 0 Å². The molecule has 2 aromatic rings. The molecule has 1 fully saturated rings. The van der Waals surface area contributed by atoms with Gasteiger partial charge in [-0.05, 0) is 37.8 Å². The van der Waals surface area contributed by atoms with E-state index in [0.717, 1.165) is 24.6 Å². The Balaban J connectivity index is 1.71. The lowest BCUT2D eigenvalue weighted by Crippen LogP contribution is -2.44. The first-order chi connectivity index (χ1) is 11.1. The monoisotopic (exact) mass is 316 g/mol. The molecule has 1 atom stereocenters. The lowest BCUT2D eigenvalue weighted by molar-refractivity contribution is -0.139. The molecule has 0 unspecified atom stereocenters. The molecule has 0 saturated carbocycles. The van der Waals surface area contributed by atoms with E-state index in [0.29, 0.717) is 24.2 Å². The van der Waals surface area contributed by atoms with Crippen LogP contribution in [0.25, 0.3) is 11.0 Å². The minimum atomic E-state index is -0.814. The fourth-order valence-corrected chi connectivity index (χ4v) is 3.23. The van der Waals surface area contributed by atoms with Gasteiger partial charge in [-0.15, -0.1) is 0 Å². The number of hydrogen-bond donors (Lipinski definition) is 1. The molecule has 0 spiro atoms. The van der Waals surface area contributed by atoms with Crippen molar-refractivity contribution in [2.45, 2.75) is 44.6 Å². The van der Waals surface area contributed by atoms with E-state index in [-0.39, 0.29) is 24.8 Å². The molecule has 23 heavy (non-hydrogen) atoms. The molecule has 1 aliphatic rings. The molecule has 1 saturated heterocycles. The highest BCUT2D eigenvalue weighted by Gasteiger charge is 2.28. The Morgan fingerprint density at radius 2 is 2.13 bits per heavy atom. The van der Waals surface area contributed by atoms with E-state index in [1.807, 2.05) is 29.2 Å². The van der Waals surface area contributed by atoms with Gasteiger partial charge in [0.15, 0.2) is 5.58 Å². The van der Waals surface area contributed by atoms with E-state index in [1.54, 1.807) is 0 Å². The lowest BCUT2D eigenvalue weighted by Gasteiger charge is -2.35. The highest BCUT2D eigenvalue weighted by atomic mass is 16.5. The van der Waals surface area contributed by atoms with Gasteiger partial charge in [-0.2, -0.15) is 0 Å². The predicted octanol–water partition coefficient (Wildman–Crippen LogP) is 2.62. The first-order valence-corrected chi connectivity index (χ1v) is 7.99. The highest BCUT2D eigenvalue weighted by molar-refractivity contribution is 5.86. The van der Waals surface area contributed by atoms with Crippen LogP contribution in [-0.2, 0) is 16.0 Å². The van der Waals surface area contributed by atoms with Crippen LogP contribution in [0.5, 0.6) is 0 Å². The lowest BCUT2D eigenvalue weighted by atomic mass is 9.97. The summed E-state index contributed by atoms with van der Waals surface area (Å²) >= 11 is 0. The number of carbonyl (C=O) groups excluding carboxylic acids is 1. The van der Waals surface area contributed by atoms with Crippen molar-refractivity contribution in [1.29, 1.82) is 0 Å². The summed E-state index contributed by atoms with van der Waals surface area (Å²) in [6, 6.07) is 7.50. The summed E-state index contributed by atoms with van der Waals surface area (Å²) in [4.78, 5) is 25.3. The van der Waals surface area contributed by atoms with Crippen LogP contribution in [0.4, 0.5) is 0 Å². The smallest absolute Gasteiger partial charge is 0.303 e. The Hall–Kier alpha value is -2.37. The SMILES string of the molecule is O=C(O)CC[C@@H]1CCCCN1C(=O)Cc1noc2ccccc12. The molecule has 1 N–H and O–H groups in total. The number of carboxylic acids is 1. The van der Waals surface area contributed by atoms with Crippen LogP contribution in [0.1, 0.15) is 37.8 Å². The molecule has 1 amide bonds. The quantitative estimate of drug-likeness (QED) is 0.916. The molecular formula is C17H20N2O4. The summed E-state index contributed by atoms with van der Waals surface area (Å²) < 4.78 is 5.24. The summed E-state index contributed by atoms with van der Waals surface area (Å²) in [6.45, 7) is 0.693. The van der Waals surface area contributed by atoms with Gasteiger partial charge in [0.25, 0.3) is 0 Å². The second-order valence-electron chi connectivity index (χ2n) is 5.97. The van der Waals surface area contributed by atoms with Crippen LogP contribution in [0.2, 0.25) is 0 Å². The number of benzene rings is 1. The minimum absolute atomic E-state index is 0.000795. The number of aliphatic carboxylic acids is 1. The number of para-hydroxylation sites is 1. The van der Waals surface area contributed by atoms with Gasteiger partial charge in [-0.1, -0.05) is 17.3 Å². The maximum absolute atomic E-state index is 12.7. The maximum Gasteiger partial charge on any atom is 0.303 e. The van der Waals surface area contributed by atoms with E-state index in [9.17, 15) is 9.59 Å². The molecule has 1 aromatic heterocycles. The zero-order valence-electron chi connectivity index (χ0n) is 12.9. The Morgan fingerprint density at radius 1 is 1.30 bits per heavy atom. The largest absolute Gasteiger partial charge is 0.481 e. The van der Waals surface area contributed by atoms with E-state index >= 15 is 0 Å². The molecule has 1 aromatic carbocycles. The third-order valence-corrected chi connectivity index (χ3v) is 4.41. The highest BCUT2D eigenvalue weighted by Crippen LogP contribution is 2.24. The molecule has 3 rings (SSSR count). The van der Waals surface area contributed by atoms with E-state index in [2.05, 4.69) is 5.16 Å². The minimum Gasteiger partial charge on any atom is -0.481 e. The van der Waals surface area contributed by atoms with E-state index in [1.165, 1.54) is 0 Å². The average Bonchev–Trinajstić information content (AvgIpc) is 2.96. The normalized spacial score (nSPS) is 18.3. The van der Waals surface area contributed by atoms with Crippen molar-refractivity contribution in [3.63, 3.8) is 0 Å². The summed E-state index contributed by atoms with van der Waals surface area (Å²) in [6.07, 6.45) is 3.69. The maximum atomic E-state index is 12.7. The molecule has 1 aliphatic heterocycles. The fraction of sp³-hybridized carbons (Fsp3) is 0.471. The Kier molecular flexibility index (Phi) is 4.60. The van der Waals surface area contributed by atoms with Crippen molar-refractivity contribution < 1.29 is 19.2 Å². The van der Waals surface area contributed by atoms with Crippen LogP contribution in [0, 0.1) is 0 Å². The number of carboxylic acid groups (broad SMARTS) is 1. The number of piperidine rings is 1. The summed E-state index contributed by atoms with van der Waals surface area (Å²) in [5, 5.41) is 13.7. The molecule has 0 bridgehead atoms. The van der Waals surface area contributed by atoms with Crippen molar-refractivity contribution in [2.75, 3.05) is 6.54 Å². The first-order valence-electron chi connectivity index (χ1n) is 7.99. The average molecular weight is 316 g/mol. The fourth-order valence-electron chi connectivity index (χ4n) is 3.23. The molecule has 0 radical (unpaired) electrons. The van der Waals surface area contributed by atoms with Gasteiger partial charge >= 0.3 is 5.97 Å². The summed E-state index contributed by atoms with van der Waals surface area (Å²) in [7, 11) is 0. The van der Waals surface area contributed by atoms with Crippen molar-refractivity contribution in [1.82, 2.24) is 10.1 Å². The van der Waals surface area contributed by atoms with Crippen molar-refractivity contribution >= 4 is 22.8 Å². The third-order valence-electron chi connectivity index (χ3n) is 4.41. The topological polar surface area (TPSA) is 83.6 Å². The summed E-state index contributed by atoms with van der Waals surface area (Å²) in [5.74, 6) is -0.815. The number of fused-ring (bicyclic) bond motifs is 1. The van der Waals surface area contributed by atoms with Crippen molar-refractivity contribution in [3.05, 3.63) is 30.0 Å². The van der Waals surface area contributed by atoms with Gasteiger partial charge < -0.3 is 14.5 Å². The van der Waals surface area contributed by atoms with Gasteiger partial charge in [0.2, 0.25) is 5.91 Å². The Bertz CT molecular complexity index is 709. The van der Waals surface area contributed by atoms with Crippen LogP contribution in [-0.4, -0.2) is 39.6 Å². The molecule has 6 heteroatoms. The number of carbonyl (C=O) groups is 2. The molecule has 2 heterocycles. The van der Waals surface area contributed by atoms with Crippen LogP contribution in [0.3, 0.4) is 0 Å². The van der Waals surface area contributed by atoms with E-state index in [4.69, 9.17) is 9.63 Å². The van der Waals surface area contributed by atoms with Crippen LogP contribution in [0.15, 0.2) is 28.8 Å². The Morgan fingerprint density at radius 3 is 2.96 bits per heavy atom. The van der Waals surface area contributed by atoms with E-state index < -0.39 is 5.97 Å². The van der Waals surface area contributed by atoms with Crippen LogP contribution < -0.4 is 0 Å². The molecule has 122 valence electrons. The predicted molar refractivity (Wildman–Crippen MR) is 83.9 cm³/mol. The third kappa shape index (κ3) is 3.52. The number of aromatic nitrogens is 1. The summed E-state index contributed by atoms with van der Waals surface area (Å²) in [5.41, 5.74) is 1.32. The first kappa shape index (κ1) is 15.5. The molecule has 6 nitrogen and oxygen atoms in total. The van der Waals surface area contributed by atoms with Crippen LogP contribution >= 0.6 is 0 Å². The van der Waals surface area contributed by atoms with Gasteiger partial charge in [0, 0.05) is 24.4 Å². The number of rotatable bonds is 5. The molecular weight excluding hydrogens is 296 g/mol. The standard InChI is InChI=1S/C17H20N2O4/c20-16(11-14-13-6-1-2-7-15(13)23-18-14)19-10-4-3-5-12(19)8-9-17(21)22/h1-2,6-7,12H,3-5,8-11H2,(H,21,22)/t12-/m0/s1. The van der Waals surface area contributed by atoms with Crippen molar-refractivity contribution in [2.24, 2.45) is 0 Å². The van der Waals surface area contributed by atoms with Gasteiger partial charge in [-0.25, -0.2) is 0 Å². The zero-order valence-corrected chi connectivity index (χ0v) is 12.9. The zero-order chi connectivity index (χ0) is 16.2. The van der Waals surface area contributed by atoms with Gasteiger partial charge in [-0.3, -0.25) is 9.59 Å². The number of amides is 1. The number of hydrogen-bond acceptors (Lipinski definition) is 4. The molecule has 0 aliphatic carbocycles.